The first-order valence-corrected chi connectivity index (χ1v) is 5.70. The van der Waals surface area contributed by atoms with Crippen LogP contribution in [0.3, 0.4) is 0 Å². The van der Waals surface area contributed by atoms with Crippen LogP contribution < -0.4 is 11.1 Å². The second-order valence-corrected chi connectivity index (χ2v) is 4.30. The number of aromatic nitrogens is 1. The number of nitrogen functional groups attached to an aromatic ring is 1. The van der Waals surface area contributed by atoms with Gasteiger partial charge in [0.1, 0.15) is 5.82 Å². The van der Waals surface area contributed by atoms with Crippen molar-refractivity contribution in [2.24, 2.45) is 0 Å². The summed E-state index contributed by atoms with van der Waals surface area (Å²) in [6.45, 7) is 5.68. The third-order valence-electron chi connectivity index (χ3n) is 2.67. The van der Waals surface area contributed by atoms with E-state index in [4.69, 9.17) is 5.73 Å². The molecule has 0 atom stereocenters. The maximum absolute atomic E-state index is 11.7. The van der Waals surface area contributed by atoms with E-state index >= 15 is 0 Å². The van der Waals surface area contributed by atoms with Gasteiger partial charge in [-0.1, -0.05) is 0 Å². The average molecular weight is 236 g/mol. The lowest BCUT2D eigenvalue weighted by Crippen LogP contribution is -2.36. The number of pyridine rings is 1. The molecule has 17 heavy (non-hydrogen) atoms. The summed E-state index contributed by atoms with van der Waals surface area (Å²) in [6, 6.07) is 3.70. The van der Waals surface area contributed by atoms with Crippen LogP contribution in [0.5, 0.6) is 0 Å². The monoisotopic (exact) mass is 236 g/mol. The number of nitrogens with zero attached hydrogens (tertiary/aromatic N) is 2. The minimum atomic E-state index is -0.115. The molecule has 0 radical (unpaired) electrons. The molecule has 0 fully saturated rings. The van der Waals surface area contributed by atoms with Gasteiger partial charge in [-0.15, -0.1) is 0 Å². The number of carbonyl (C=O) groups is 1. The third kappa shape index (κ3) is 4.40. The number of carbonyl (C=O) groups excluding carboxylic acids is 1. The second-order valence-electron chi connectivity index (χ2n) is 4.30. The van der Waals surface area contributed by atoms with E-state index in [1.165, 1.54) is 6.20 Å². The van der Waals surface area contributed by atoms with Gasteiger partial charge in [0.25, 0.3) is 5.91 Å². The van der Waals surface area contributed by atoms with E-state index in [9.17, 15) is 4.79 Å². The molecule has 0 saturated carbocycles. The predicted octanol–water partition coefficient (Wildman–Crippen LogP) is 0.734. The van der Waals surface area contributed by atoms with Crippen molar-refractivity contribution in [2.75, 3.05) is 25.9 Å². The van der Waals surface area contributed by atoms with E-state index in [-0.39, 0.29) is 5.91 Å². The molecule has 0 aliphatic rings. The van der Waals surface area contributed by atoms with Crippen LogP contribution in [0.2, 0.25) is 0 Å². The zero-order chi connectivity index (χ0) is 12.8. The summed E-state index contributed by atoms with van der Waals surface area (Å²) in [5, 5.41) is 2.85. The maximum Gasteiger partial charge on any atom is 0.251 e. The van der Waals surface area contributed by atoms with Gasteiger partial charge in [-0.2, -0.15) is 0 Å². The summed E-state index contributed by atoms with van der Waals surface area (Å²) in [5.41, 5.74) is 6.06. The Hall–Kier alpha value is -1.62. The molecular formula is C12H20N4O. The first kappa shape index (κ1) is 13.4. The van der Waals surface area contributed by atoms with E-state index in [2.05, 4.69) is 29.0 Å². The smallest absolute Gasteiger partial charge is 0.251 e. The molecule has 0 bridgehead atoms. The largest absolute Gasteiger partial charge is 0.384 e. The molecule has 94 valence electrons. The predicted molar refractivity (Wildman–Crippen MR) is 68.7 cm³/mol. The molecule has 1 aromatic heterocycles. The number of likely N-dealkylation sites (N-methyl/N-ethyl adjacent to an activating group) is 1. The van der Waals surface area contributed by atoms with Crippen LogP contribution in [-0.4, -0.2) is 42.0 Å². The van der Waals surface area contributed by atoms with Crippen molar-refractivity contribution in [3.05, 3.63) is 23.9 Å². The van der Waals surface area contributed by atoms with Crippen molar-refractivity contribution in [1.82, 2.24) is 15.2 Å². The number of nitrogens with two attached hydrogens (primary N) is 1. The van der Waals surface area contributed by atoms with Crippen LogP contribution in [-0.2, 0) is 0 Å². The van der Waals surface area contributed by atoms with Crippen molar-refractivity contribution in [2.45, 2.75) is 19.9 Å². The number of hydrogen-bond acceptors (Lipinski definition) is 4. The first-order chi connectivity index (χ1) is 8.00. The van der Waals surface area contributed by atoms with Gasteiger partial charge in [0.15, 0.2) is 0 Å². The summed E-state index contributed by atoms with van der Waals surface area (Å²) in [6.07, 6.45) is 1.53. The van der Waals surface area contributed by atoms with Gasteiger partial charge in [-0.25, -0.2) is 4.98 Å². The minimum absolute atomic E-state index is 0.115. The van der Waals surface area contributed by atoms with E-state index in [1.54, 1.807) is 12.1 Å². The van der Waals surface area contributed by atoms with Crippen molar-refractivity contribution < 1.29 is 4.79 Å². The third-order valence-corrected chi connectivity index (χ3v) is 2.67. The second kappa shape index (κ2) is 6.20. The Bertz CT molecular complexity index is 379. The topological polar surface area (TPSA) is 71.2 Å². The van der Waals surface area contributed by atoms with Gasteiger partial charge < -0.3 is 16.0 Å². The summed E-state index contributed by atoms with van der Waals surface area (Å²) in [5.74, 6) is 0.244. The lowest BCUT2D eigenvalue weighted by molar-refractivity contribution is 0.0948. The molecule has 0 aromatic carbocycles. The van der Waals surface area contributed by atoms with Crippen LogP contribution in [0.4, 0.5) is 5.82 Å². The summed E-state index contributed by atoms with van der Waals surface area (Å²) < 4.78 is 0. The lowest BCUT2D eigenvalue weighted by atomic mass is 10.2. The summed E-state index contributed by atoms with van der Waals surface area (Å²) in [4.78, 5) is 17.7. The number of rotatable bonds is 5. The summed E-state index contributed by atoms with van der Waals surface area (Å²) >= 11 is 0. The molecule has 3 N–H and O–H groups in total. The van der Waals surface area contributed by atoms with Crippen molar-refractivity contribution >= 4 is 11.7 Å². The number of amides is 1. The quantitative estimate of drug-likeness (QED) is 0.790. The molecule has 1 aromatic rings. The Labute approximate surface area is 102 Å². The molecule has 5 heteroatoms. The maximum atomic E-state index is 11.7. The van der Waals surface area contributed by atoms with Crippen molar-refractivity contribution in [3.8, 4) is 0 Å². The number of anilines is 1. The van der Waals surface area contributed by atoms with Crippen LogP contribution in [0.15, 0.2) is 18.3 Å². The first-order valence-electron chi connectivity index (χ1n) is 5.70. The van der Waals surface area contributed by atoms with E-state index < -0.39 is 0 Å². The molecule has 0 aliphatic heterocycles. The molecular weight excluding hydrogens is 216 g/mol. The molecule has 0 spiro atoms. The normalized spacial score (nSPS) is 10.9. The molecule has 0 saturated heterocycles. The standard InChI is InChI=1S/C12H20N4O/c1-9(2)16(3)7-6-15-12(17)10-4-5-14-11(13)8-10/h4-5,8-9H,6-7H2,1-3H3,(H2,13,14)(H,15,17). The summed E-state index contributed by atoms with van der Waals surface area (Å²) in [7, 11) is 2.03. The highest BCUT2D eigenvalue weighted by Crippen LogP contribution is 2.02. The van der Waals surface area contributed by atoms with Gasteiger partial charge in [0.2, 0.25) is 0 Å². The van der Waals surface area contributed by atoms with Crippen LogP contribution >= 0.6 is 0 Å². The molecule has 0 unspecified atom stereocenters. The minimum Gasteiger partial charge on any atom is -0.384 e. The molecule has 1 rings (SSSR count). The molecule has 1 amide bonds. The van der Waals surface area contributed by atoms with Crippen LogP contribution in [0.1, 0.15) is 24.2 Å². The fourth-order valence-electron chi connectivity index (χ4n) is 1.30. The zero-order valence-electron chi connectivity index (χ0n) is 10.6. The van der Waals surface area contributed by atoms with Crippen LogP contribution in [0, 0.1) is 0 Å². The lowest BCUT2D eigenvalue weighted by Gasteiger charge is -2.20. The van der Waals surface area contributed by atoms with E-state index in [1.807, 2.05) is 7.05 Å². The molecule has 0 aliphatic carbocycles. The Morgan fingerprint density at radius 1 is 1.59 bits per heavy atom. The molecule has 1 heterocycles. The highest BCUT2D eigenvalue weighted by Gasteiger charge is 2.07. The average Bonchev–Trinajstić information content (AvgIpc) is 2.28. The Morgan fingerprint density at radius 3 is 2.88 bits per heavy atom. The fraction of sp³-hybridized carbons (Fsp3) is 0.500. The van der Waals surface area contributed by atoms with Gasteiger partial charge in [-0.05, 0) is 33.0 Å². The fourth-order valence-corrected chi connectivity index (χ4v) is 1.30. The Kier molecular flexibility index (Phi) is 4.90. The SMILES string of the molecule is CC(C)N(C)CCNC(=O)c1ccnc(N)c1. The van der Waals surface area contributed by atoms with E-state index in [0.29, 0.717) is 24.0 Å². The van der Waals surface area contributed by atoms with E-state index in [0.717, 1.165) is 6.54 Å². The highest BCUT2D eigenvalue weighted by atomic mass is 16.1. The van der Waals surface area contributed by atoms with Gasteiger partial charge in [0.05, 0.1) is 0 Å². The Balaban J connectivity index is 2.40. The molecule has 5 nitrogen and oxygen atoms in total. The number of hydrogen-bond donors (Lipinski definition) is 2. The van der Waals surface area contributed by atoms with Gasteiger partial charge >= 0.3 is 0 Å². The van der Waals surface area contributed by atoms with Crippen molar-refractivity contribution in [1.29, 1.82) is 0 Å². The van der Waals surface area contributed by atoms with Crippen molar-refractivity contribution in [3.63, 3.8) is 0 Å². The van der Waals surface area contributed by atoms with Gasteiger partial charge in [0, 0.05) is 30.9 Å². The number of nitrogens with one attached hydrogen (secondary N) is 1. The van der Waals surface area contributed by atoms with Gasteiger partial charge in [-0.3, -0.25) is 4.79 Å². The highest BCUT2D eigenvalue weighted by molar-refractivity contribution is 5.94. The van der Waals surface area contributed by atoms with Crippen LogP contribution in [0.25, 0.3) is 0 Å². The zero-order valence-corrected chi connectivity index (χ0v) is 10.6. The Morgan fingerprint density at radius 2 is 2.29 bits per heavy atom.